The van der Waals surface area contributed by atoms with Crippen molar-refractivity contribution in [2.75, 3.05) is 6.54 Å². The van der Waals surface area contributed by atoms with Crippen LogP contribution in [0, 0.1) is 5.82 Å². The van der Waals surface area contributed by atoms with Gasteiger partial charge in [-0.15, -0.1) is 0 Å². The summed E-state index contributed by atoms with van der Waals surface area (Å²) in [6.45, 7) is 0.701. The Bertz CT molecular complexity index is 733. The number of aromatic nitrogens is 1. The van der Waals surface area contributed by atoms with Crippen molar-refractivity contribution in [3.05, 3.63) is 59.5 Å². The molecule has 2 aromatic rings. The second-order valence-corrected chi connectivity index (χ2v) is 6.44. The molecule has 1 aliphatic carbocycles. The number of ether oxygens (including phenoxy) is 1. The van der Waals surface area contributed by atoms with E-state index in [0.717, 1.165) is 18.4 Å². The summed E-state index contributed by atoms with van der Waals surface area (Å²) >= 11 is 0. The molecule has 6 heteroatoms. The highest BCUT2D eigenvalue weighted by atomic mass is 19.1. The van der Waals surface area contributed by atoms with Crippen LogP contribution in [-0.4, -0.2) is 23.7 Å². The summed E-state index contributed by atoms with van der Waals surface area (Å²) < 4.78 is 19.5. The third-order valence-electron chi connectivity index (χ3n) is 4.51. The minimum absolute atomic E-state index is 0.221. The third-order valence-corrected chi connectivity index (χ3v) is 4.51. The van der Waals surface area contributed by atoms with E-state index in [1.54, 1.807) is 24.4 Å². The van der Waals surface area contributed by atoms with Crippen molar-refractivity contribution in [3.8, 4) is 5.88 Å². The third kappa shape index (κ3) is 5.18. The maximum absolute atomic E-state index is 13.5. The van der Waals surface area contributed by atoms with Crippen LogP contribution < -0.4 is 15.4 Å². The fraction of sp³-hybridized carbons (Fsp3) is 0.400. The van der Waals surface area contributed by atoms with Crippen molar-refractivity contribution in [1.29, 1.82) is 0 Å². The van der Waals surface area contributed by atoms with Crippen LogP contribution in [0.15, 0.2) is 42.6 Å². The molecule has 2 amide bonds. The molecule has 0 spiro atoms. The largest absolute Gasteiger partial charge is 0.474 e. The number of benzene rings is 1. The smallest absolute Gasteiger partial charge is 0.315 e. The van der Waals surface area contributed by atoms with Crippen molar-refractivity contribution < 1.29 is 13.9 Å². The van der Waals surface area contributed by atoms with Gasteiger partial charge in [-0.25, -0.2) is 14.2 Å². The molecule has 1 aromatic carbocycles. The second-order valence-electron chi connectivity index (χ2n) is 6.44. The molecule has 1 saturated carbocycles. The van der Waals surface area contributed by atoms with E-state index in [9.17, 15) is 9.18 Å². The Labute approximate surface area is 153 Å². The van der Waals surface area contributed by atoms with Gasteiger partial charge in [0.1, 0.15) is 11.9 Å². The lowest BCUT2D eigenvalue weighted by Gasteiger charge is -2.15. The number of rotatable bonds is 7. The molecular formula is C20H24FN3O2. The van der Waals surface area contributed by atoms with E-state index < -0.39 is 0 Å². The Morgan fingerprint density at radius 3 is 2.69 bits per heavy atom. The number of urea groups is 1. The van der Waals surface area contributed by atoms with Gasteiger partial charge in [-0.3, -0.25) is 0 Å². The molecule has 1 aliphatic rings. The first-order valence-electron chi connectivity index (χ1n) is 9.08. The quantitative estimate of drug-likeness (QED) is 0.796. The molecule has 0 aliphatic heterocycles. The van der Waals surface area contributed by atoms with Crippen molar-refractivity contribution in [2.45, 2.75) is 44.8 Å². The van der Waals surface area contributed by atoms with Gasteiger partial charge in [-0.05, 0) is 49.8 Å². The molecule has 0 saturated heterocycles. The fourth-order valence-corrected chi connectivity index (χ4v) is 3.08. The molecule has 26 heavy (non-hydrogen) atoms. The molecule has 1 heterocycles. The molecule has 1 fully saturated rings. The van der Waals surface area contributed by atoms with Crippen LogP contribution in [0.4, 0.5) is 9.18 Å². The molecule has 3 rings (SSSR count). The highest BCUT2D eigenvalue weighted by Gasteiger charge is 2.18. The van der Waals surface area contributed by atoms with Crippen LogP contribution >= 0.6 is 0 Å². The standard InChI is InChI=1S/C20H24FN3O2/c21-18-10-4-1-6-15(18)11-13-23-20(25)24-14-16-7-5-12-22-19(16)26-17-8-2-3-9-17/h1,4-7,10,12,17H,2-3,8-9,11,13-14H2,(H2,23,24,25). The Kier molecular flexibility index (Phi) is 6.41. The Hall–Kier alpha value is -2.63. The van der Waals surface area contributed by atoms with E-state index in [0.29, 0.717) is 31.0 Å². The van der Waals surface area contributed by atoms with Crippen LogP contribution in [0.2, 0.25) is 0 Å². The molecule has 138 valence electrons. The van der Waals surface area contributed by atoms with E-state index in [4.69, 9.17) is 4.74 Å². The van der Waals surface area contributed by atoms with Gasteiger partial charge < -0.3 is 15.4 Å². The zero-order valence-electron chi connectivity index (χ0n) is 14.7. The normalized spacial score (nSPS) is 14.2. The summed E-state index contributed by atoms with van der Waals surface area (Å²) in [6.07, 6.45) is 6.86. The molecule has 5 nitrogen and oxygen atoms in total. The molecule has 0 radical (unpaired) electrons. The van der Waals surface area contributed by atoms with Crippen LogP contribution in [0.25, 0.3) is 0 Å². The average Bonchev–Trinajstić information content (AvgIpc) is 3.16. The fourth-order valence-electron chi connectivity index (χ4n) is 3.08. The monoisotopic (exact) mass is 357 g/mol. The van der Waals surface area contributed by atoms with Gasteiger partial charge in [-0.1, -0.05) is 24.3 Å². The lowest BCUT2D eigenvalue weighted by molar-refractivity contribution is 0.198. The number of carbonyl (C=O) groups excluding carboxylic acids is 1. The van der Waals surface area contributed by atoms with E-state index in [2.05, 4.69) is 15.6 Å². The number of nitrogens with zero attached hydrogens (tertiary/aromatic N) is 1. The van der Waals surface area contributed by atoms with E-state index in [1.165, 1.54) is 18.9 Å². The number of pyridine rings is 1. The average molecular weight is 357 g/mol. The highest BCUT2D eigenvalue weighted by Crippen LogP contribution is 2.24. The predicted octanol–water partition coefficient (Wildman–Crippen LogP) is 3.58. The van der Waals surface area contributed by atoms with Gasteiger partial charge in [0.15, 0.2) is 0 Å². The number of hydrogen-bond donors (Lipinski definition) is 2. The maximum atomic E-state index is 13.5. The topological polar surface area (TPSA) is 63.2 Å². The molecule has 2 N–H and O–H groups in total. The van der Waals surface area contributed by atoms with Gasteiger partial charge in [0.2, 0.25) is 5.88 Å². The summed E-state index contributed by atoms with van der Waals surface area (Å²) in [5.41, 5.74) is 1.44. The Morgan fingerprint density at radius 1 is 1.12 bits per heavy atom. The maximum Gasteiger partial charge on any atom is 0.315 e. The van der Waals surface area contributed by atoms with Crippen LogP contribution in [0.1, 0.15) is 36.8 Å². The van der Waals surface area contributed by atoms with E-state index in [-0.39, 0.29) is 18.0 Å². The van der Waals surface area contributed by atoms with E-state index in [1.807, 2.05) is 12.1 Å². The second kappa shape index (κ2) is 9.17. The number of carbonyl (C=O) groups is 1. The minimum atomic E-state index is -0.294. The first-order valence-corrected chi connectivity index (χ1v) is 9.08. The van der Waals surface area contributed by atoms with Crippen molar-refractivity contribution >= 4 is 6.03 Å². The van der Waals surface area contributed by atoms with Gasteiger partial charge in [0, 0.05) is 24.8 Å². The summed E-state index contributed by atoms with van der Waals surface area (Å²) in [6, 6.07) is 10.0. The van der Waals surface area contributed by atoms with Gasteiger partial charge in [0.25, 0.3) is 0 Å². The molecular weight excluding hydrogens is 333 g/mol. The molecule has 1 aromatic heterocycles. The zero-order chi connectivity index (χ0) is 18.2. The highest BCUT2D eigenvalue weighted by molar-refractivity contribution is 5.73. The van der Waals surface area contributed by atoms with Gasteiger partial charge >= 0.3 is 6.03 Å². The Balaban J connectivity index is 1.45. The summed E-state index contributed by atoms with van der Waals surface area (Å²) in [5.74, 6) is 0.338. The lowest BCUT2D eigenvalue weighted by atomic mass is 10.1. The predicted molar refractivity (Wildman–Crippen MR) is 97.5 cm³/mol. The zero-order valence-corrected chi connectivity index (χ0v) is 14.7. The molecule has 0 bridgehead atoms. The number of hydrogen-bond acceptors (Lipinski definition) is 3. The number of halogens is 1. The van der Waals surface area contributed by atoms with Crippen molar-refractivity contribution in [1.82, 2.24) is 15.6 Å². The Morgan fingerprint density at radius 2 is 1.88 bits per heavy atom. The number of nitrogens with one attached hydrogen (secondary N) is 2. The first kappa shape index (κ1) is 18.2. The van der Waals surface area contributed by atoms with E-state index >= 15 is 0 Å². The van der Waals surface area contributed by atoms with Crippen molar-refractivity contribution in [3.63, 3.8) is 0 Å². The van der Waals surface area contributed by atoms with Crippen LogP contribution in [0.5, 0.6) is 5.88 Å². The summed E-state index contributed by atoms with van der Waals surface area (Å²) in [7, 11) is 0. The summed E-state index contributed by atoms with van der Waals surface area (Å²) in [4.78, 5) is 16.3. The summed E-state index contributed by atoms with van der Waals surface area (Å²) in [5, 5.41) is 5.54. The van der Waals surface area contributed by atoms with Gasteiger partial charge in [-0.2, -0.15) is 0 Å². The SMILES string of the molecule is O=C(NCCc1ccccc1F)NCc1cccnc1OC1CCCC1. The number of amides is 2. The van der Waals surface area contributed by atoms with Crippen LogP contribution in [-0.2, 0) is 13.0 Å². The van der Waals surface area contributed by atoms with Gasteiger partial charge in [0.05, 0.1) is 0 Å². The minimum Gasteiger partial charge on any atom is -0.474 e. The molecule has 0 unspecified atom stereocenters. The van der Waals surface area contributed by atoms with Crippen LogP contribution in [0.3, 0.4) is 0 Å². The first-order chi connectivity index (χ1) is 12.7. The van der Waals surface area contributed by atoms with Crippen molar-refractivity contribution in [2.24, 2.45) is 0 Å². The molecule has 0 atom stereocenters. The lowest BCUT2D eigenvalue weighted by Crippen LogP contribution is -2.36.